The molecule has 0 fully saturated rings. The molecule has 0 bridgehead atoms. The molecule has 6 rings (SSSR count). The summed E-state index contributed by atoms with van der Waals surface area (Å²) in [6.07, 6.45) is 4.95. The quantitative estimate of drug-likeness (QED) is 0.559. The van der Waals surface area contributed by atoms with E-state index in [0.717, 1.165) is 28.6 Å². The van der Waals surface area contributed by atoms with Crippen LogP contribution in [-0.2, 0) is 0 Å². The molecule has 2 aliphatic heterocycles. The number of imidazole rings is 1. The molecule has 0 radical (unpaired) electrons. The monoisotopic (exact) mass is 372 g/mol. The summed E-state index contributed by atoms with van der Waals surface area (Å²) >= 11 is 0. The number of hydrogen-bond donors (Lipinski definition) is 1. The second-order valence-electron chi connectivity index (χ2n) is 6.61. The van der Waals surface area contributed by atoms with Crippen molar-refractivity contribution in [2.75, 3.05) is 23.2 Å². The zero-order valence-electron chi connectivity index (χ0n) is 14.8. The Balaban J connectivity index is 1.52. The van der Waals surface area contributed by atoms with Crippen LogP contribution in [0.1, 0.15) is 11.9 Å². The van der Waals surface area contributed by atoms with Crippen molar-refractivity contribution in [2.45, 2.75) is 6.17 Å². The SMILES string of the molecule is c1ccc([C@@H]2NC3=NCN(n4cnnc4)CN3c3nc4ccccc4n32)nc1. The van der Waals surface area contributed by atoms with Crippen LogP contribution in [-0.4, -0.2) is 48.7 Å². The van der Waals surface area contributed by atoms with Crippen molar-refractivity contribution < 1.29 is 0 Å². The first-order valence-corrected chi connectivity index (χ1v) is 8.95. The number of aliphatic imine (C=N–C) groups is 1. The molecular formula is C18H16N10. The van der Waals surface area contributed by atoms with Crippen molar-refractivity contribution >= 4 is 22.9 Å². The maximum Gasteiger partial charge on any atom is 0.217 e. The Morgan fingerprint density at radius 3 is 2.71 bits per heavy atom. The lowest BCUT2D eigenvalue weighted by Crippen LogP contribution is -2.59. The smallest absolute Gasteiger partial charge is 0.217 e. The molecule has 5 heterocycles. The number of pyridine rings is 1. The fraction of sp³-hybridized carbons (Fsp3) is 0.167. The zero-order chi connectivity index (χ0) is 18.5. The second kappa shape index (κ2) is 5.78. The number of nitrogens with one attached hydrogen (secondary N) is 1. The normalized spacial score (nSPS) is 18.4. The first-order chi connectivity index (χ1) is 13.9. The summed E-state index contributed by atoms with van der Waals surface area (Å²) in [5.41, 5.74) is 2.89. The van der Waals surface area contributed by atoms with Gasteiger partial charge in [0.1, 0.15) is 26.0 Å². The van der Waals surface area contributed by atoms with Crippen molar-refractivity contribution in [1.29, 1.82) is 0 Å². The number of para-hydroxylation sites is 2. The first-order valence-electron chi connectivity index (χ1n) is 8.95. The van der Waals surface area contributed by atoms with Crippen LogP contribution in [0.3, 0.4) is 0 Å². The largest absolute Gasteiger partial charge is 0.330 e. The molecule has 1 atom stereocenters. The number of guanidine groups is 1. The van der Waals surface area contributed by atoms with E-state index in [1.165, 1.54) is 0 Å². The van der Waals surface area contributed by atoms with Gasteiger partial charge in [-0.2, -0.15) is 0 Å². The molecule has 0 saturated carbocycles. The number of anilines is 1. The lowest BCUT2D eigenvalue weighted by atomic mass is 10.2. The van der Waals surface area contributed by atoms with Gasteiger partial charge in [0, 0.05) is 6.20 Å². The highest BCUT2D eigenvalue weighted by Crippen LogP contribution is 2.32. The molecule has 10 heteroatoms. The number of rotatable bonds is 2. The molecule has 1 aromatic carbocycles. The summed E-state index contributed by atoms with van der Waals surface area (Å²) in [5.74, 6) is 1.61. The van der Waals surface area contributed by atoms with Crippen molar-refractivity contribution in [3.8, 4) is 0 Å². The van der Waals surface area contributed by atoms with Gasteiger partial charge in [0.15, 0.2) is 6.17 Å². The molecular weight excluding hydrogens is 356 g/mol. The maximum absolute atomic E-state index is 4.90. The molecule has 0 unspecified atom stereocenters. The van der Waals surface area contributed by atoms with E-state index in [1.807, 2.05) is 46.1 Å². The number of aromatic nitrogens is 6. The Labute approximate surface area is 159 Å². The third-order valence-corrected chi connectivity index (χ3v) is 4.99. The fourth-order valence-corrected chi connectivity index (χ4v) is 3.69. The van der Waals surface area contributed by atoms with Gasteiger partial charge in [-0.25, -0.2) is 14.7 Å². The number of hydrogen-bond acceptors (Lipinski definition) is 8. The van der Waals surface area contributed by atoms with Gasteiger partial charge in [-0.05, 0) is 24.3 Å². The van der Waals surface area contributed by atoms with E-state index in [9.17, 15) is 0 Å². The highest BCUT2D eigenvalue weighted by atomic mass is 15.7. The van der Waals surface area contributed by atoms with Crippen molar-refractivity contribution in [1.82, 2.24) is 34.7 Å². The average Bonchev–Trinajstić information content (AvgIpc) is 3.42. The summed E-state index contributed by atoms with van der Waals surface area (Å²) < 4.78 is 4.00. The minimum absolute atomic E-state index is 0.180. The van der Waals surface area contributed by atoms with Crippen LogP contribution in [0.5, 0.6) is 0 Å². The molecule has 0 amide bonds. The summed E-state index contributed by atoms with van der Waals surface area (Å²) in [4.78, 5) is 16.3. The maximum atomic E-state index is 4.90. The predicted octanol–water partition coefficient (Wildman–Crippen LogP) is 0.902. The van der Waals surface area contributed by atoms with Crippen molar-refractivity contribution in [2.24, 2.45) is 4.99 Å². The summed E-state index contributed by atoms with van der Waals surface area (Å²) in [6.45, 7) is 1.06. The third-order valence-electron chi connectivity index (χ3n) is 4.99. The molecule has 138 valence electrons. The van der Waals surface area contributed by atoms with Gasteiger partial charge in [0.2, 0.25) is 11.9 Å². The standard InChI is InChI=1S/C18H16N10/c1-2-7-15-13(5-1)23-18-27-12-26(25-10-21-22-11-25)9-20-17(27)24-16(28(15)18)14-6-3-4-8-19-14/h1-8,10-11,16H,9,12H2,(H,20,24)/t16-/m1/s1. The Morgan fingerprint density at radius 1 is 1.00 bits per heavy atom. The van der Waals surface area contributed by atoms with Crippen LogP contribution >= 0.6 is 0 Å². The van der Waals surface area contributed by atoms with Crippen LogP contribution in [0.2, 0.25) is 0 Å². The lowest BCUT2D eigenvalue weighted by Gasteiger charge is -2.41. The Kier molecular flexibility index (Phi) is 3.12. The van der Waals surface area contributed by atoms with E-state index in [0.29, 0.717) is 13.3 Å². The van der Waals surface area contributed by atoms with Crippen LogP contribution in [0, 0.1) is 0 Å². The van der Waals surface area contributed by atoms with Gasteiger partial charge in [0.05, 0.1) is 16.7 Å². The molecule has 3 aromatic heterocycles. The van der Waals surface area contributed by atoms with E-state index in [-0.39, 0.29) is 6.17 Å². The summed E-state index contributed by atoms with van der Waals surface area (Å²) in [6, 6.07) is 14.0. The fourth-order valence-electron chi connectivity index (χ4n) is 3.69. The molecule has 0 spiro atoms. The van der Waals surface area contributed by atoms with Gasteiger partial charge in [0.25, 0.3) is 0 Å². The molecule has 2 aliphatic rings. The Morgan fingerprint density at radius 2 is 1.86 bits per heavy atom. The minimum Gasteiger partial charge on any atom is -0.330 e. The van der Waals surface area contributed by atoms with Gasteiger partial charge >= 0.3 is 0 Å². The predicted molar refractivity (Wildman–Crippen MR) is 103 cm³/mol. The van der Waals surface area contributed by atoms with Crippen molar-refractivity contribution in [3.63, 3.8) is 0 Å². The first kappa shape index (κ1) is 15.1. The Bertz CT molecular complexity index is 1160. The van der Waals surface area contributed by atoms with E-state index >= 15 is 0 Å². The topological polar surface area (TPSA) is 92.3 Å². The van der Waals surface area contributed by atoms with Gasteiger partial charge in [-0.3, -0.25) is 19.5 Å². The van der Waals surface area contributed by atoms with E-state index in [2.05, 4.69) is 36.0 Å². The third kappa shape index (κ3) is 2.17. The minimum atomic E-state index is -0.180. The van der Waals surface area contributed by atoms with E-state index in [4.69, 9.17) is 9.98 Å². The van der Waals surface area contributed by atoms with E-state index in [1.54, 1.807) is 18.9 Å². The molecule has 0 aliphatic carbocycles. The highest BCUT2D eigenvalue weighted by molar-refractivity contribution is 5.99. The van der Waals surface area contributed by atoms with Crippen LogP contribution in [0.25, 0.3) is 11.0 Å². The lowest BCUT2D eigenvalue weighted by molar-refractivity contribution is 0.487. The summed E-state index contributed by atoms with van der Waals surface area (Å²) in [7, 11) is 0. The molecule has 4 aromatic rings. The average molecular weight is 372 g/mol. The van der Waals surface area contributed by atoms with Gasteiger partial charge in [-0.15, -0.1) is 10.2 Å². The number of benzene rings is 1. The Hall–Kier alpha value is -3.95. The molecule has 28 heavy (non-hydrogen) atoms. The number of fused-ring (bicyclic) bond motifs is 5. The van der Waals surface area contributed by atoms with Crippen LogP contribution < -0.4 is 15.2 Å². The van der Waals surface area contributed by atoms with E-state index < -0.39 is 0 Å². The van der Waals surface area contributed by atoms with Crippen LogP contribution in [0.15, 0.2) is 66.3 Å². The molecule has 0 saturated heterocycles. The zero-order valence-corrected chi connectivity index (χ0v) is 14.8. The summed E-state index contributed by atoms with van der Waals surface area (Å²) in [5, 5.41) is 13.3. The second-order valence-corrected chi connectivity index (χ2v) is 6.61. The van der Waals surface area contributed by atoms with Crippen LogP contribution in [0.4, 0.5) is 5.95 Å². The van der Waals surface area contributed by atoms with Crippen molar-refractivity contribution in [3.05, 3.63) is 67.0 Å². The highest BCUT2D eigenvalue weighted by Gasteiger charge is 2.36. The molecule has 10 nitrogen and oxygen atoms in total. The molecule has 1 N–H and O–H groups in total. The van der Waals surface area contributed by atoms with Gasteiger partial charge < -0.3 is 5.32 Å². The van der Waals surface area contributed by atoms with Gasteiger partial charge in [-0.1, -0.05) is 18.2 Å². The number of nitrogens with zero attached hydrogens (tertiary/aromatic N) is 9.